The van der Waals surface area contributed by atoms with Crippen molar-refractivity contribution in [3.8, 4) is 0 Å². The van der Waals surface area contributed by atoms with Crippen LogP contribution in [0.3, 0.4) is 0 Å². The first kappa shape index (κ1) is 20.0. The number of alkyl halides is 3. The van der Waals surface area contributed by atoms with Gasteiger partial charge < -0.3 is 14.5 Å². The SMILES string of the molecule is CC(C)(C)OC(=O)NCCC1=CC2C=C(c3ccoc3)C=C(C(F)(F)F)C2=N1. The van der Waals surface area contributed by atoms with Gasteiger partial charge in [0.15, 0.2) is 0 Å². The number of nitrogens with zero attached hydrogens (tertiary/aromatic N) is 1. The second-order valence-electron chi connectivity index (χ2n) is 7.55. The summed E-state index contributed by atoms with van der Waals surface area (Å²) in [5.41, 5.74) is 0.112. The topological polar surface area (TPSA) is 63.8 Å². The first-order chi connectivity index (χ1) is 13.0. The predicted octanol–water partition coefficient (Wildman–Crippen LogP) is 5.03. The van der Waals surface area contributed by atoms with Gasteiger partial charge in [-0.15, -0.1) is 0 Å². The van der Waals surface area contributed by atoms with Gasteiger partial charge >= 0.3 is 12.3 Å². The Morgan fingerprint density at radius 2 is 2.04 bits per heavy atom. The molecule has 1 unspecified atom stereocenters. The number of allylic oxidation sites excluding steroid dienone is 5. The number of hydrogen-bond acceptors (Lipinski definition) is 4. The monoisotopic (exact) mass is 394 g/mol. The first-order valence-corrected chi connectivity index (χ1v) is 8.83. The number of amides is 1. The molecule has 1 aromatic rings. The molecule has 3 rings (SSSR count). The van der Waals surface area contributed by atoms with Crippen LogP contribution in [-0.2, 0) is 4.74 Å². The highest BCUT2D eigenvalue weighted by Crippen LogP contribution is 2.40. The van der Waals surface area contributed by atoms with Crippen molar-refractivity contribution in [1.29, 1.82) is 0 Å². The minimum atomic E-state index is -4.52. The molecule has 2 heterocycles. The van der Waals surface area contributed by atoms with Crippen LogP contribution in [0.15, 0.2) is 57.5 Å². The first-order valence-electron chi connectivity index (χ1n) is 8.83. The van der Waals surface area contributed by atoms with Crippen LogP contribution in [0.4, 0.5) is 18.0 Å². The molecule has 1 amide bonds. The highest BCUT2D eigenvalue weighted by Gasteiger charge is 2.42. The van der Waals surface area contributed by atoms with Gasteiger partial charge in [-0.25, -0.2) is 4.79 Å². The van der Waals surface area contributed by atoms with E-state index in [2.05, 4.69) is 10.3 Å². The Bertz CT molecular complexity index is 869. The zero-order valence-electron chi connectivity index (χ0n) is 15.8. The number of carbonyl (C=O) groups excluding carboxylic acids is 1. The molecule has 1 aliphatic carbocycles. The van der Waals surface area contributed by atoms with E-state index in [9.17, 15) is 18.0 Å². The molecule has 5 nitrogen and oxygen atoms in total. The van der Waals surface area contributed by atoms with E-state index in [1.165, 1.54) is 12.5 Å². The molecule has 28 heavy (non-hydrogen) atoms. The van der Waals surface area contributed by atoms with Crippen LogP contribution in [0.5, 0.6) is 0 Å². The van der Waals surface area contributed by atoms with E-state index in [0.717, 1.165) is 6.08 Å². The predicted molar refractivity (Wildman–Crippen MR) is 98.7 cm³/mol. The van der Waals surface area contributed by atoms with Crippen molar-refractivity contribution in [2.45, 2.75) is 39.0 Å². The molecule has 0 radical (unpaired) electrons. The maximum absolute atomic E-state index is 13.5. The third-order valence-corrected chi connectivity index (χ3v) is 4.10. The zero-order valence-corrected chi connectivity index (χ0v) is 15.8. The van der Waals surface area contributed by atoms with Crippen molar-refractivity contribution >= 4 is 17.4 Å². The molecule has 0 fully saturated rings. The summed E-state index contributed by atoms with van der Waals surface area (Å²) in [7, 11) is 0. The maximum atomic E-state index is 13.5. The Labute approximate surface area is 160 Å². The smallest absolute Gasteiger partial charge is 0.418 e. The lowest BCUT2D eigenvalue weighted by atomic mass is 9.87. The van der Waals surface area contributed by atoms with E-state index in [1.54, 1.807) is 39.0 Å². The van der Waals surface area contributed by atoms with Crippen molar-refractivity contribution in [3.05, 3.63) is 53.7 Å². The Kier molecular flexibility index (Phi) is 5.23. The molecule has 8 heteroatoms. The van der Waals surface area contributed by atoms with Gasteiger partial charge in [-0.2, -0.15) is 13.2 Å². The molecule has 2 aliphatic rings. The van der Waals surface area contributed by atoms with Gasteiger partial charge in [0, 0.05) is 30.1 Å². The number of alkyl carbamates (subject to hydrolysis) is 1. The Morgan fingerprint density at radius 1 is 1.29 bits per heavy atom. The number of rotatable bonds is 4. The summed E-state index contributed by atoms with van der Waals surface area (Å²) in [6.07, 6.45) is 2.54. The average Bonchev–Trinajstić information content (AvgIpc) is 3.20. The summed E-state index contributed by atoms with van der Waals surface area (Å²) in [4.78, 5) is 15.9. The average molecular weight is 394 g/mol. The van der Waals surface area contributed by atoms with Crippen LogP contribution in [0, 0.1) is 5.92 Å². The molecular weight excluding hydrogens is 373 g/mol. The second kappa shape index (κ2) is 7.33. The summed E-state index contributed by atoms with van der Waals surface area (Å²) < 4.78 is 50.7. The van der Waals surface area contributed by atoms with E-state index in [-0.39, 0.29) is 12.3 Å². The van der Waals surface area contributed by atoms with Gasteiger partial charge in [0.2, 0.25) is 0 Å². The van der Waals surface area contributed by atoms with Crippen molar-refractivity contribution < 1.29 is 27.1 Å². The zero-order chi connectivity index (χ0) is 20.5. The van der Waals surface area contributed by atoms with Crippen molar-refractivity contribution in [3.63, 3.8) is 0 Å². The van der Waals surface area contributed by atoms with E-state index < -0.39 is 29.4 Å². The number of ether oxygens (including phenoxy) is 1. The van der Waals surface area contributed by atoms with Crippen molar-refractivity contribution in [2.24, 2.45) is 10.9 Å². The van der Waals surface area contributed by atoms with Crippen LogP contribution in [0.1, 0.15) is 32.8 Å². The molecule has 0 saturated carbocycles. The second-order valence-corrected chi connectivity index (χ2v) is 7.55. The van der Waals surface area contributed by atoms with Crippen LogP contribution < -0.4 is 5.32 Å². The van der Waals surface area contributed by atoms with Gasteiger partial charge in [-0.05, 0) is 44.6 Å². The van der Waals surface area contributed by atoms with Crippen molar-refractivity contribution in [2.75, 3.05) is 6.54 Å². The van der Waals surface area contributed by atoms with Crippen LogP contribution in [0.2, 0.25) is 0 Å². The third-order valence-electron chi connectivity index (χ3n) is 4.10. The fraction of sp³-hybridized carbons (Fsp3) is 0.400. The lowest BCUT2D eigenvalue weighted by Crippen LogP contribution is -2.33. The highest BCUT2D eigenvalue weighted by atomic mass is 19.4. The largest absolute Gasteiger partial charge is 0.472 e. The highest BCUT2D eigenvalue weighted by molar-refractivity contribution is 6.11. The van der Waals surface area contributed by atoms with Gasteiger partial charge in [0.05, 0.1) is 23.8 Å². The van der Waals surface area contributed by atoms with Crippen LogP contribution in [-0.4, -0.2) is 30.1 Å². The summed E-state index contributed by atoms with van der Waals surface area (Å²) in [5.74, 6) is -0.567. The molecule has 1 aliphatic heterocycles. The summed E-state index contributed by atoms with van der Waals surface area (Å²) in [6.45, 7) is 5.46. The Balaban J connectivity index is 1.73. The van der Waals surface area contributed by atoms with E-state index in [1.807, 2.05) is 0 Å². The standard InChI is InChI=1S/C20H21F3N2O3/c1-19(2,3)28-18(26)24-6-4-15-9-14-8-13(12-5-7-27-11-12)10-16(17(14)25-15)20(21,22)23/h5,7-11,14H,4,6H2,1-3H3,(H,24,26). The summed E-state index contributed by atoms with van der Waals surface area (Å²) in [5, 5.41) is 2.58. The van der Waals surface area contributed by atoms with E-state index in [0.29, 0.717) is 23.3 Å². The Morgan fingerprint density at radius 3 is 2.64 bits per heavy atom. The molecule has 150 valence electrons. The molecule has 0 spiro atoms. The van der Waals surface area contributed by atoms with Crippen molar-refractivity contribution in [1.82, 2.24) is 5.32 Å². The number of hydrogen-bond donors (Lipinski definition) is 1. The fourth-order valence-electron chi connectivity index (χ4n) is 2.97. The number of nitrogens with one attached hydrogen (secondary N) is 1. The Hall–Kier alpha value is -2.77. The molecule has 0 bridgehead atoms. The fourth-order valence-corrected chi connectivity index (χ4v) is 2.97. The molecule has 0 saturated heterocycles. The summed E-state index contributed by atoms with van der Waals surface area (Å²) in [6, 6.07) is 1.61. The minimum absolute atomic E-state index is 0.0213. The molecule has 1 N–H and O–H groups in total. The number of aliphatic imine (C=N–C) groups is 1. The van der Waals surface area contributed by atoms with Gasteiger partial charge in [-0.1, -0.05) is 6.08 Å². The van der Waals surface area contributed by atoms with Gasteiger partial charge in [0.25, 0.3) is 0 Å². The van der Waals surface area contributed by atoms with Gasteiger partial charge in [0.1, 0.15) is 5.60 Å². The number of fused-ring (bicyclic) bond motifs is 1. The quantitative estimate of drug-likeness (QED) is 0.779. The van der Waals surface area contributed by atoms with E-state index in [4.69, 9.17) is 9.15 Å². The maximum Gasteiger partial charge on any atom is 0.418 e. The molecule has 0 aromatic carbocycles. The van der Waals surface area contributed by atoms with Gasteiger partial charge in [-0.3, -0.25) is 4.99 Å². The minimum Gasteiger partial charge on any atom is -0.472 e. The normalized spacial score (nSPS) is 19.3. The molecular formula is C20H21F3N2O3. The lowest BCUT2D eigenvalue weighted by molar-refractivity contribution is -0.0863. The lowest BCUT2D eigenvalue weighted by Gasteiger charge is -2.20. The summed E-state index contributed by atoms with van der Waals surface area (Å²) >= 11 is 0. The number of carbonyl (C=O) groups is 1. The number of furan rings is 1. The molecule has 1 atom stereocenters. The van der Waals surface area contributed by atoms with Crippen LogP contribution in [0.25, 0.3) is 5.57 Å². The number of halogens is 3. The third kappa shape index (κ3) is 4.74. The van der Waals surface area contributed by atoms with Crippen LogP contribution >= 0.6 is 0 Å². The van der Waals surface area contributed by atoms with E-state index >= 15 is 0 Å². The molecule has 1 aromatic heterocycles.